The number of sulfonamides is 1. The van der Waals surface area contributed by atoms with Crippen LogP contribution in [0.3, 0.4) is 0 Å². The Morgan fingerprint density at radius 3 is 2.25 bits per heavy atom. The van der Waals surface area contributed by atoms with E-state index in [4.69, 9.17) is 9.47 Å². The van der Waals surface area contributed by atoms with Crippen LogP contribution in [0.25, 0.3) is 0 Å². The van der Waals surface area contributed by atoms with Crippen LogP contribution in [0, 0.1) is 20.8 Å². The van der Waals surface area contributed by atoms with E-state index in [1.165, 1.54) is 0 Å². The van der Waals surface area contributed by atoms with E-state index < -0.39 is 10.0 Å². The Kier molecular flexibility index (Phi) is 5.40. The van der Waals surface area contributed by atoms with Crippen molar-refractivity contribution in [1.29, 1.82) is 0 Å². The Morgan fingerprint density at radius 1 is 1.14 bits per heavy atom. The number of hydrogen-bond acceptors (Lipinski definition) is 5. The number of ether oxygens (including phenoxy) is 2. The Morgan fingerprint density at radius 2 is 1.75 bits per heavy atom. The quantitative estimate of drug-likeness (QED) is 0.763. The fourth-order valence-corrected chi connectivity index (χ4v) is 6.32. The molecule has 1 aromatic rings. The molecule has 2 heterocycles. The number of methoxy groups -OCH3 is 1. The van der Waals surface area contributed by atoms with Crippen LogP contribution in [-0.2, 0) is 14.8 Å². The number of nitrogens with zero attached hydrogens (tertiary/aromatic N) is 2. The minimum Gasteiger partial charge on any atom is -0.496 e. The highest BCUT2D eigenvalue weighted by molar-refractivity contribution is 7.89. The lowest BCUT2D eigenvalue weighted by molar-refractivity contribution is 0.104. The van der Waals surface area contributed by atoms with Crippen LogP contribution in [-0.4, -0.2) is 62.1 Å². The first-order chi connectivity index (χ1) is 13.0. The highest BCUT2D eigenvalue weighted by Crippen LogP contribution is 2.35. The first-order valence-corrected chi connectivity index (χ1v) is 11.1. The molecule has 0 unspecified atom stereocenters. The topological polar surface area (TPSA) is 76.2 Å². The predicted molar refractivity (Wildman–Crippen MR) is 106 cm³/mol. The van der Waals surface area contributed by atoms with Gasteiger partial charge in [0.2, 0.25) is 10.0 Å². The molecular formula is C20H30N2O5S. The third-order valence-corrected chi connectivity index (χ3v) is 8.17. The van der Waals surface area contributed by atoms with E-state index in [1.54, 1.807) is 29.3 Å². The standard InChI is InChI=1S/C20H30N2O5S/c1-13-11-17(26-6)14(2)15(3)18(13)28(24,25)21-9-7-16(8-10-21)22-19(23)27-12-20(22,4)5/h11,16H,7-10,12H2,1-6H3. The normalized spacial score (nSPS) is 21.1. The van der Waals surface area contributed by atoms with Gasteiger partial charge in [-0.05, 0) is 70.2 Å². The van der Waals surface area contributed by atoms with Gasteiger partial charge in [0.05, 0.1) is 17.5 Å². The van der Waals surface area contributed by atoms with Crippen molar-refractivity contribution < 1.29 is 22.7 Å². The van der Waals surface area contributed by atoms with Gasteiger partial charge in [-0.1, -0.05) is 0 Å². The molecule has 0 aromatic heterocycles. The summed E-state index contributed by atoms with van der Waals surface area (Å²) in [7, 11) is -2.03. The molecule has 2 saturated heterocycles. The maximum Gasteiger partial charge on any atom is 0.410 e. The molecule has 0 N–H and O–H groups in total. The summed E-state index contributed by atoms with van der Waals surface area (Å²) in [6.07, 6.45) is 0.902. The van der Waals surface area contributed by atoms with E-state index in [1.807, 2.05) is 27.7 Å². The molecule has 0 atom stereocenters. The second kappa shape index (κ2) is 7.22. The predicted octanol–water partition coefficient (Wildman–Crippen LogP) is 3.00. The summed E-state index contributed by atoms with van der Waals surface area (Å²) in [6.45, 7) is 10.6. The summed E-state index contributed by atoms with van der Waals surface area (Å²) in [5.41, 5.74) is 1.89. The zero-order valence-electron chi connectivity index (χ0n) is 17.5. The Labute approximate surface area is 167 Å². The van der Waals surface area contributed by atoms with Gasteiger partial charge >= 0.3 is 6.09 Å². The van der Waals surface area contributed by atoms with E-state index in [2.05, 4.69) is 0 Å². The maximum atomic E-state index is 13.4. The molecule has 0 radical (unpaired) electrons. The fraction of sp³-hybridized carbons (Fsp3) is 0.650. The molecule has 2 aliphatic rings. The number of rotatable bonds is 4. The first-order valence-electron chi connectivity index (χ1n) is 9.61. The third-order valence-electron chi connectivity index (χ3n) is 5.98. The van der Waals surface area contributed by atoms with Crippen molar-refractivity contribution in [2.45, 2.75) is 63.9 Å². The van der Waals surface area contributed by atoms with Crippen LogP contribution in [0.15, 0.2) is 11.0 Å². The Balaban J connectivity index is 1.83. The molecule has 0 bridgehead atoms. The first kappa shape index (κ1) is 20.9. The van der Waals surface area contributed by atoms with E-state index in [0.717, 1.165) is 11.1 Å². The van der Waals surface area contributed by atoms with Crippen LogP contribution in [0.2, 0.25) is 0 Å². The van der Waals surface area contributed by atoms with E-state index in [-0.39, 0.29) is 17.7 Å². The molecule has 156 valence electrons. The highest BCUT2D eigenvalue weighted by atomic mass is 32.2. The number of amides is 1. The Hall–Kier alpha value is -1.80. The van der Waals surface area contributed by atoms with E-state index in [9.17, 15) is 13.2 Å². The summed E-state index contributed by atoms with van der Waals surface area (Å²) < 4.78 is 38.9. The number of piperidine rings is 1. The number of carbonyl (C=O) groups is 1. The summed E-state index contributed by atoms with van der Waals surface area (Å²) >= 11 is 0. The van der Waals surface area contributed by atoms with Gasteiger partial charge in [0.25, 0.3) is 0 Å². The van der Waals surface area contributed by atoms with Crippen LogP contribution >= 0.6 is 0 Å². The number of hydrogen-bond donors (Lipinski definition) is 0. The SMILES string of the molecule is COc1cc(C)c(S(=O)(=O)N2CCC(N3C(=O)OCC3(C)C)CC2)c(C)c1C. The highest BCUT2D eigenvalue weighted by Gasteiger charge is 2.45. The second-order valence-corrected chi connectivity index (χ2v) is 10.2. The minimum absolute atomic E-state index is 0.00347. The molecule has 0 aliphatic carbocycles. The van der Waals surface area contributed by atoms with Crippen LogP contribution in [0.5, 0.6) is 5.75 Å². The summed E-state index contributed by atoms with van der Waals surface area (Å²) in [5.74, 6) is 0.697. The van der Waals surface area contributed by atoms with Gasteiger partial charge in [0, 0.05) is 19.1 Å². The lowest BCUT2D eigenvalue weighted by Crippen LogP contribution is -2.53. The average molecular weight is 411 g/mol. The summed E-state index contributed by atoms with van der Waals surface area (Å²) in [4.78, 5) is 14.3. The minimum atomic E-state index is -3.62. The third kappa shape index (κ3) is 3.37. The van der Waals surface area contributed by atoms with Crippen molar-refractivity contribution in [1.82, 2.24) is 9.21 Å². The maximum absolute atomic E-state index is 13.4. The fourth-order valence-electron chi connectivity index (χ4n) is 4.37. The van der Waals surface area contributed by atoms with Crippen LogP contribution in [0.4, 0.5) is 4.79 Å². The zero-order valence-corrected chi connectivity index (χ0v) is 18.4. The van der Waals surface area contributed by atoms with Gasteiger partial charge in [-0.2, -0.15) is 4.31 Å². The lowest BCUT2D eigenvalue weighted by atomic mass is 9.98. The Bertz CT molecular complexity index is 886. The molecule has 3 rings (SSSR count). The van der Waals surface area contributed by atoms with Crippen LogP contribution < -0.4 is 4.74 Å². The van der Waals surface area contributed by atoms with Crippen molar-refractivity contribution in [2.24, 2.45) is 0 Å². The van der Waals surface area contributed by atoms with Crippen molar-refractivity contribution in [3.8, 4) is 5.75 Å². The monoisotopic (exact) mass is 410 g/mol. The summed E-state index contributed by atoms with van der Waals surface area (Å²) in [5, 5.41) is 0. The van der Waals surface area contributed by atoms with Crippen LogP contribution in [0.1, 0.15) is 43.4 Å². The molecule has 0 saturated carbocycles. The molecule has 28 heavy (non-hydrogen) atoms. The van der Waals surface area contributed by atoms with Crippen molar-refractivity contribution >= 4 is 16.1 Å². The van der Waals surface area contributed by atoms with E-state index >= 15 is 0 Å². The van der Waals surface area contributed by atoms with Crippen molar-refractivity contribution in [2.75, 3.05) is 26.8 Å². The zero-order chi connectivity index (χ0) is 20.9. The molecule has 2 aliphatic heterocycles. The summed E-state index contributed by atoms with van der Waals surface area (Å²) in [6, 6.07) is 1.78. The molecule has 7 nitrogen and oxygen atoms in total. The van der Waals surface area contributed by atoms with E-state index in [0.29, 0.717) is 48.7 Å². The number of aryl methyl sites for hydroxylation is 1. The van der Waals surface area contributed by atoms with Gasteiger partial charge in [-0.25, -0.2) is 13.2 Å². The van der Waals surface area contributed by atoms with Gasteiger partial charge in [0.1, 0.15) is 12.4 Å². The van der Waals surface area contributed by atoms with Crippen molar-refractivity contribution in [3.05, 3.63) is 22.8 Å². The second-order valence-electron chi connectivity index (χ2n) is 8.35. The molecular weight excluding hydrogens is 380 g/mol. The average Bonchev–Trinajstić information content (AvgIpc) is 2.90. The largest absolute Gasteiger partial charge is 0.496 e. The molecule has 2 fully saturated rings. The van der Waals surface area contributed by atoms with Gasteiger partial charge in [-0.3, -0.25) is 4.90 Å². The van der Waals surface area contributed by atoms with Crippen molar-refractivity contribution in [3.63, 3.8) is 0 Å². The molecule has 1 amide bonds. The smallest absolute Gasteiger partial charge is 0.410 e. The number of cyclic esters (lactones) is 1. The number of carbonyl (C=O) groups excluding carboxylic acids is 1. The van der Waals surface area contributed by atoms with Gasteiger partial charge in [-0.15, -0.1) is 0 Å². The molecule has 1 aromatic carbocycles. The molecule has 0 spiro atoms. The lowest BCUT2D eigenvalue weighted by Gasteiger charge is -2.40. The molecule has 8 heteroatoms. The number of benzene rings is 1. The van der Waals surface area contributed by atoms with Gasteiger partial charge < -0.3 is 9.47 Å². The van der Waals surface area contributed by atoms with Gasteiger partial charge in [0.15, 0.2) is 0 Å².